The third-order valence-corrected chi connectivity index (χ3v) is 4.83. The summed E-state index contributed by atoms with van der Waals surface area (Å²) in [5.74, 6) is 0.691. The first kappa shape index (κ1) is 18.3. The summed E-state index contributed by atoms with van der Waals surface area (Å²) in [5, 5.41) is 0. The number of rotatable bonds is 4. The van der Waals surface area contributed by atoms with Crippen molar-refractivity contribution in [3.8, 4) is 0 Å². The van der Waals surface area contributed by atoms with E-state index < -0.39 is 0 Å². The van der Waals surface area contributed by atoms with Gasteiger partial charge in [0.15, 0.2) is 0 Å². The fourth-order valence-electron chi connectivity index (χ4n) is 3.49. The average molecular weight is 345 g/mol. The van der Waals surface area contributed by atoms with Crippen molar-refractivity contribution in [1.29, 1.82) is 0 Å². The highest BCUT2D eigenvalue weighted by molar-refractivity contribution is 5.85. The van der Waals surface area contributed by atoms with E-state index in [9.17, 15) is 4.79 Å². The molecule has 4 heteroatoms. The fraction of sp³-hybridized carbons (Fsp3) is 0.350. The molecule has 0 aliphatic carbocycles. The summed E-state index contributed by atoms with van der Waals surface area (Å²) in [6.45, 7) is 2.98. The van der Waals surface area contributed by atoms with E-state index in [1.807, 2.05) is 35.2 Å². The van der Waals surface area contributed by atoms with E-state index in [-0.39, 0.29) is 18.3 Å². The maximum Gasteiger partial charge on any atom is 0.223 e. The van der Waals surface area contributed by atoms with Gasteiger partial charge >= 0.3 is 0 Å². The van der Waals surface area contributed by atoms with Crippen molar-refractivity contribution >= 4 is 24.0 Å². The maximum atomic E-state index is 12.6. The highest BCUT2D eigenvalue weighted by Crippen LogP contribution is 2.32. The average Bonchev–Trinajstić information content (AvgIpc) is 2.97. The maximum absolute atomic E-state index is 12.6. The summed E-state index contributed by atoms with van der Waals surface area (Å²) in [7, 11) is 0. The second-order valence-corrected chi connectivity index (χ2v) is 6.44. The number of aryl methyl sites for hydroxylation is 1. The predicted molar refractivity (Wildman–Crippen MR) is 101 cm³/mol. The summed E-state index contributed by atoms with van der Waals surface area (Å²) >= 11 is 0. The molecule has 2 N–H and O–H groups in total. The third-order valence-electron chi connectivity index (χ3n) is 4.83. The molecule has 3 rings (SSSR count). The van der Waals surface area contributed by atoms with Crippen LogP contribution in [0, 0.1) is 0 Å². The predicted octanol–water partition coefficient (Wildman–Crippen LogP) is 4.03. The van der Waals surface area contributed by atoms with Gasteiger partial charge in [-0.25, -0.2) is 0 Å². The lowest BCUT2D eigenvalue weighted by Gasteiger charge is -2.21. The van der Waals surface area contributed by atoms with Gasteiger partial charge in [0.2, 0.25) is 5.91 Å². The first-order valence-electron chi connectivity index (χ1n) is 8.33. The SMILES string of the molecule is CC1CC(c2ccccc2)CN1C(=O)CCc1ccccc1N.Cl. The van der Waals surface area contributed by atoms with Gasteiger partial charge in [-0.05, 0) is 37.0 Å². The van der Waals surface area contributed by atoms with Crippen molar-refractivity contribution in [3.63, 3.8) is 0 Å². The van der Waals surface area contributed by atoms with Gasteiger partial charge in [0.25, 0.3) is 0 Å². The monoisotopic (exact) mass is 344 g/mol. The summed E-state index contributed by atoms with van der Waals surface area (Å²) in [6, 6.07) is 18.6. The number of anilines is 1. The van der Waals surface area contributed by atoms with E-state index in [0.717, 1.165) is 24.2 Å². The topological polar surface area (TPSA) is 46.3 Å². The molecular weight excluding hydrogens is 320 g/mol. The molecule has 1 saturated heterocycles. The Labute approximate surface area is 150 Å². The van der Waals surface area contributed by atoms with E-state index in [4.69, 9.17) is 5.73 Å². The number of benzene rings is 2. The quantitative estimate of drug-likeness (QED) is 0.851. The van der Waals surface area contributed by atoms with E-state index in [2.05, 4.69) is 31.2 Å². The van der Waals surface area contributed by atoms with Crippen molar-refractivity contribution in [3.05, 3.63) is 65.7 Å². The number of halogens is 1. The van der Waals surface area contributed by atoms with Crippen LogP contribution in [-0.2, 0) is 11.2 Å². The molecule has 128 valence electrons. The highest BCUT2D eigenvalue weighted by atomic mass is 35.5. The van der Waals surface area contributed by atoms with E-state index in [1.54, 1.807) is 0 Å². The Balaban J connectivity index is 0.00000208. The fourth-order valence-corrected chi connectivity index (χ4v) is 3.49. The molecule has 0 radical (unpaired) electrons. The van der Waals surface area contributed by atoms with Crippen molar-refractivity contribution in [2.45, 2.75) is 38.1 Å². The van der Waals surface area contributed by atoms with Crippen LogP contribution >= 0.6 is 12.4 Å². The van der Waals surface area contributed by atoms with E-state index >= 15 is 0 Å². The van der Waals surface area contributed by atoms with Gasteiger partial charge in [-0.2, -0.15) is 0 Å². The minimum atomic E-state index is 0. The van der Waals surface area contributed by atoms with Crippen LogP contribution in [0.15, 0.2) is 54.6 Å². The molecule has 3 nitrogen and oxygen atoms in total. The molecule has 0 saturated carbocycles. The van der Waals surface area contributed by atoms with Gasteiger partial charge in [0, 0.05) is 30.6 Å². The minimum absolute atomic E-state index is 0. The number of para-hydroxylation sites is 1. The molecule has 24 heavy (non-hydrogen) atoms. The van der Waals surface area contributed by atoms with Crippen molar-refractivity contribution in [1.82, 2.24) is 4.90 Å². The first-order chi connectivity index (χ1) is 11.1. The first-order valence-corrected chi connectivity index (χ1v) is 8.33. The number of nitrogen functional groups attached to an aromatic ring is 1. The Kier molecular flexibility index (Phi) is 6.27. The Morgan fingerprint density at radius 1 is 1.12 bits per heavy atom. The van der Waals surface area contributed by atoms with Crippen molar-refractivity contribution in [2.24, 2.45) is 0 Å². The van der Waals surface area contributed by atoms with Crippen LogP contribution < -0.4 is 5.73 Å². The summed E-state index contributed by atoms with van der Waals surface area (Å²) in [4.78, 5) is 14.6. The number of carbonyl (C=O) groups is 1. The minimum Gasteiger partial charge on any atom is -0.399 e. The van der Waals surface area contributed by atoms with Crippen LogP contribution in [0.4, 0.5) is 5.69 Å². The summed E-state index contributed by atoms with van der Waals surface area (Å²) in [5.41, 5.74) is 9.13. The van der Waals surface area contributed by atoms with Gasteiger partial charge in [-0.3, -0.25) is 4.79 Å². The Hall–Kier alpha value is -2.00. The zero-order chi connectivity index (χ0) is 16.2. The van der Waals surface area contributed by atoms with Crippen molar-refractivity contribution < 1.29 is 4.79 Å². The number of nitrogens with two attached hydrogens (primary N) is 1. The summed E-state index contributed by atoms with van der Waals surface area (Å²) in [6.07, 6.45) is 2.29. The molecular formula is C20H25ClN2O. The van der Waals surface area contributed by atoms with E-state index in [0.29, 0.717) is 24.8 Å². The molecule has 1 amide bonds. The zero-order valence-electron chi connectivity index (χ0n) is 14.0. The third kappa shape index (κ3) is 4.09. The van der Waals surface area contributed by atoms with Gasteiger partial charge in [-0.1, -0.05) is 48.5 Å². The van der Waals surface area contributed by atoms with Crippen LogP contribution in [-0.4, -0.2) is 23.4 Å². The lowest BCUT2D eigenvalue weighted by molar-refractivity contribution is -0.131. The number of hydrogen-bond acceptors (Lipinski definition) is 2. The molecule has 1 aliphatic heterocycles. The van der Waals surface area contributed by atoms with Gasteiger partial charge < -0.3 is 10.6 Å². The number of hydrogen-bond donors (Lipinski definition) is 1. The van der Waals surface area contributed by atoms with Crippen molar-refractivity contribution in [2.75, 3.05) is 12.3 Å². The zero-order valence-corrected chi connectivity index (χ0v) is 14.8. The molecule has 2 aromatic carbocycles. The second-order valence-electron chi connectivity index (χ2n) is 6.44. The molecule has 0 spiro atoms. The molecule has 2 atom stereocenters. The molecule has 2 unspecified atom stereocenters. The normalized spacial score (nSPS) is 19.8. The number of nitrogens with zero attached hydrogens (tertiary/aromatic N) is 1. The van der Waals surface area contributed by atoms with Gasteiger partial charge in [0.05, 0.1) is 0 Å². The van der Waals surface area contributed by atoms with Crippen LogP contribution in [0.3, 0.4) is 0 Å². The number of carbonyl (C=O) groups excluding carboxylic acids is 1. The Morgan fingerprint density at radius 2 is 1.79 bits per heavy atom. The second kappa shape index (κ2) is 8.20. The molecule has 2 aromatic rings. The molecule has 1 aliphatic rings. The largest absolute Gasteiger partial charge is 0.399 e. The Morgan fingerprint density at radius 3 is 2.50 bits per heavy atom. The molecule has 1 fully saturated rings. The Bertz CT molecular complexity index is 674. The summed E-state index contributed by atoms with van der Waals surface area (Å²) < 4.78 is 0. The molecule has 1 heterocycles. The lowest BCUT2D eigenvalue weighted by Crippen LogP contribution is -2.34. The number of amides is 1. The van der Waals surface area contributed by atoms with Crippen LogP contribution in [0.5, 0.6) is 0 Å². The van der Waals surface area contributed by atoms with Crippen LogP contribution in [0.2, 0.25) is 0 Å². The number of likely N-dealkylation sites (tertiary alicyclic amines) is 1. The van der Waals surface area contributed by atoms with Gasteiger partial charge in [-0.15, -0.1) is 12.4 Å². The smallest absolute Gasteiger partial charge is 0.223 e. The van der Waals surface area contributed by atoms with E-state index in [1.165, 1.54) is 5.56 Å². The van der Waals surface area contributed by atoms with Crippen LogP contribution in [0.1, 0.15) is 36.8 Å². The molecule has 0 bridgehead atoms. The highest BCUT2D eigenvalue weighted by Gasteiger charge is 2.32. The van der Waals surface area contributed by atoms with Crippen LogP contribution in [0.25, 0.3) is 0 Å². The standard InChI is InChI=1S/C20H24N2O.ClH/c1-15-13-18(16-7-3-2-4-8-16)14-22(15)20(23)12-11-17-9-5-6-10-19(17)21;/h2-10,15,18H,11-14,21H2,1H3;1H. The molecule has 0 aromatic heterocycles. The lowest BCUT2D eigenvalue weighted by atomic mass is 9.97. The van der Waals surface area contributed by atoms with Gasteiger partial charge in [0.1, 0.15) is 0 Å².